The van der Waals surface area contributed by atoms with Crippen LogP contribution in [-0.2, 0) is 4.79 Å². The van der Waals surface area contributed by atoms with Gasteiger partial charge in [-0.25, -0.2) is 0 Å². The van der Waals surface area contributed by atoms with Gasteiger partial charge in [0.15, 0.2) is 12.9 Å². The smallest absolute Gasteiger partial charge is 0.276 e. The van der Waals surface area contributed by atoms with Gasteiger partial charge in [0.25, 0.3) is 5.91 Å². The quantitative estimate of drug-likeness (QED) is 0.691. The van der Waals surface area contributed by atoms with Crippen LogP contribution in [0.25, 0.3) is 11.1 Å². The second kappa shape index (κ2) is 7.70. The van der Waals surface area contributed by atoms with Crippen LogP contribution in [0.4, 0.5) is 0 Å². The molecule has 0 bridgehead atoms. The van der Waals surface area contributed by atoms with E-state index >= 15 is 0 Å². The molecule has 0 aliphatic carbocycles. The predicted octanol–water partition coefficient (Wildman–Crippen LogP) is 3.73. The van der Waals surface area contributed by atoms with Gasteiger partial charge < -0.3 is 4.74 Å². The maximum Gasteiger partial charge on any atom is 0.276 e. The van der Waals surface area contributed by atoms with E-state index in [1.165, 1.54) is 0 Å². The van der Waals surface area contributed by atoms with E-state index in [2.05, 4.69) is 5.43 Å². The summed E-state index contributed by atoms with van der Waals surface area (Å²) in [5, 5.41) is 0. The summed E-state index contributed by atoms with van der Waals surface area (Å²) in [4.78, 5) is 23.1. The van der Waals surface area contributed by atoms with Gasteiger partial charge >= 0.3 is 0 Å². The minimum atomic E-state index is -0.295. The normalized spacial score (nSPS) is 10.4. The van der Waals surface area contributed by atoms with Gasteiger partial charge in [-0.15, -0.1) is 0 Å². The number of aryl methyl sites for hydroxylation is 1. The predicted molar refractivity (Wildman–Crippen MR) is 101 cm³/mol. The SMILES string of the molecule is Cc1cc(C=O)c(C)n1NC(=O)COc1ccc(-c2ccccc2)cc1. The van der Waals surface area contributed by atoms with Crippen LogP contribution in [0.3, 0.4) is 0 Å². The summed E-state index contributed by atoms with van der Waals surface area (Å²) in [5.74, 6) is 0.325. The van der Waals surface area contributed by atoms with Crippen LogP contribution in [0.2, 0.25) is 0 Å². The molecule has 0 aliphatic heterocycles. The van der Waals surface area contributed by atoms with Gasteiger partial charge in [-0.1, -0.05) is 42.5 Å². The molecule has 0 saturated carbocycles. The molecule has 26 heavy (non-hydrogen) atoms. The lowest BCUT2D eigenvalue weighted by Crippen LogP contribution is -2.29. The molecule has 5 nitrogen and oxygen atoms in total. The lowest BCUT2D eigenvalue weighted by atomic mass is 10.1. The Hall–Kier alpha value is -3.34. The number of aromatic nitrogens is 1. The van der Waals surface area contributed by atoms with Gasteiger partial charge in [0, 0.05) is 17.0 Å². The fraction of sp³-hybridized carbons (Fsp3) is 0.143. The number of nitrogens with one attached hydrogen (secondary N) is 1. The Balaban J connectivity index is 1.60. The Bertz CT molecular complexity index is 912. The summed E-state index contributed by atoms with van der Waals surface area (Å²) in [5.41, 5.74) is 6.98. The summed E-state index contributed by atoms with van der Waals surface area (Å²) in [6.07, 6.45) is 0.774. The molecule has 3 rings (SSSR count). The number of nitrogens with zero attached hydrogens (tertiary/aromatic N) is 1. The zero-order valence-electron chi connectivity index (χ0n) is 14.7. The molecule has 132 valence electrons. The molecule has 1 aromatic heterocycles. The van der Waals surface area contributed by atoms with E-state index in [-0.39, 0.29) is 12.5 Å². The van der Waals surface area contributed by atoms with Gasteiger partial charge in [-0.3, -0.25) is 19.7 Å². The summed E-state index contributed by atoms with van der Waals surface area (Å²) < 4.78 is 7.14. The lowest BCUT2D eigenvalue weighted by Gasteiger charge is -2.12. The van der Waals surface area contributed by atoms with Gasteiger partial charge in [0.1, 0.15) is 5.75 Å². The summed E-state index contributed by atoms with van der Waals surface area (Å²) >= 11 is 0. The van der Waals surface area contributed by atoms with Crippen molar-refractivity contribution in [1.29, 1.82) is 0 Å². The van der Waals surface area contributed by atoms with Crippen molar-refractivity contribution >= 4 is 12.2 Å². The molecule has 2 aromatic carbocycles. The standard InChI is InChI=1S/C21H20N2O3/c1-15-12-19(13-24)16(2)23(15)22-21(25)14-26-20-10-8-18(9-11-20)17-6-4-3-5-7-17/h3-13H,14H2,1-2H3,(H,22,25). The molecule has 0 fully saturated rings. The number of amides is 1. The number of rotatable bonds is 6. The van der Waals surface area contributed by atoms with Crippen LogP contribution in [0.1, 0.15) is 21.7 Å². The highest BCUT2D eigenvalue weighted by Crippen LogP contribution is 2.22. The summed E-state index contributed by atoms with van der Waals surface area (Å²) in [7, 11) is 0. The largest absolute Gasteiger partial charge is 0.484 e. The number of hydrogen-bond donors (Lipinski definition) is 1. The van der Waals surface area contributed by atoms with Gasteiger partial charge in [-0.2, -0.15) is 0 Å². The van der Waals surface area contributed by atoms with E-state index in [0.717, 1.165) is 23.1 Å². The number of hydrogen-bond acceptors (Lipinski definition) is 3. The second-order valence-electron chi connectivity index (χ2n) is 5.99. The second-order valence-corrected chi connectivity index (χ2v) is 5.99. The molecule has 0 aliphatic rings. The minimum Gasteiger partial charge on any atom is -0.484 e. The Morgan fingerprint density at radius 1 is 1.04 bits per heavy atom. The zero-order valence-corrected chi connectivity index (χ0v) is 14.7. The first-order chi connectivity index (χ1) is 12.6. The highest BCUT2D eigenvalue weighted by Gasteiger charge is 2.11. The fourth-order valence-corrected chi connectivity index (χ4v) is 2.76. The van der Waals surface area contributed by atoms with Crippen molar-refractivity contribution in [2.75, 3.05) is 12.0 Å². The topological polar surface area (TPSA) is 60.3 Å². The van der Waals surface area contributed by atoms with Crippen molar-refractivity contribution < 1.29 is 14.3 Å². The lowest BCUT2D eigenvalue weighted by molar-refractivity contribution is -0.119. The first-order valence-electron chi connectivity index (χ1n) is 8.31. The molecule has 0 spiro atoms. The number of carbonyl (C=O) groups is 2. The number of aldehydes is 1. The highest BCUT2D eigenvalue weighted by atomic mass is 16.5. The summed E-state index contributed by atoms with van der Waals surface area (Å²) in [6, 6.07) is 19.4. The van der Waals surface area contributed by atoms with Crippen LogP contribution in [-0.4, -0.2) is 23.5 Å². The van der Waals surface area contributed by atoms with Crippen molar-refractivity contribution in [2.24, 2.45) is 0 Å². The first-order valence-corrected chi connectivity index (χ1v) is 8.31. The van der Waals surface area contributed by atoms with Crippen LogP contribution in [0.15, 0.2) is 60.7 Å². The Kier molecular flexibility index (Phi) is 5.17. The van der Waals surface area contributed by atoms with E-state index in [0.29, 0.717) is 17.0 Å². The van der Waals surface area contributed by atoms with Gasteiger partial charge in [-0.05, 0) is 43.2 Å². The van der Waals surface area contributed by atoms with Crippen molar-refractivity contribution in [2.45, 2.75) is 13.8 Å². The maximum atomic E-state index is 12.1. The van der Waals surface area contributed by atoms with E-state index in [4.69, 9.17) is 4.74 Å². The average Bonchev–Trinajstić information content (AvgIpc) is 2.95. The molecule has 1 amide bonds. The van der Waals surface area contributed by atoms with Crippen LogP contribution in [0, 0.1) is 13.8 Å². The monoisotopic (exact) mass is 348 g/mol. The van der Waals surface area contributed by atoms with E-state index < -0.39 is 0 Å². The molecule has 5 heteroatoms. The number of ether oxygens (including phenoxy) is 1. The van der Waals surface area contributed by atoms with E-state index in [1.54, 1.807) is 17.7 Å². The fourth-order valence-electron chi connectivity index (χ4n) is 2.76. The van der Waals surface area contributed by atoms with Crippen LogP contribution in [0.5, 0.6) is 5.75 Å². The highest BCUT2D eigenvalue weighted by molar-refractivity contribution is 5.86. The van der Waals surface area contributed by atoms with E-state index in [1.807, 2.05) is 61.5 Å². The average molecular weight is 348 g/mol. The Labute approximate surface area is 152 Å². The molecular formula is C21H20N2O3. The minimum absolute atomic E-state index is 0.113. The van der Waals surface area contributed by atoms with Crippen LogP contribution >= 0.6 is 0 Å². The number of benzene rings is 2. The van der Waals surface area contributed by atoms with Crippen molar-refractivity contribution in [3.05, 3.63) is 77.6 Å². The van der Waals surface area contributed by atoms with Crippen molar-refractivity contribution in [3.8, 4) is 16.9 Å². The van der Waals surface area contributed by atoms with Gasteiger partial charge in [0.05, 0.1) is 0 Å². The van der Waals surface area contributed by atoms with E-state index in [9.17, 15) is 9.59 Å². The molecule has 0 radical (unpaired) electrons. The van der Waals surface area contributed by atoms with Gasteiger partial charge in [0.2, 0.25) is 0 Å². The molecule has 3 aromatic rings. The summed E-state index contributed by atoms with van der Waals surface area (Å²) in [6.45, 7) is 3.49. The zero-order chi connectivity index (χ0) is 18.5. The van der Waals surface area contributed by atoms with Crippen molar-refractivity contribution in [1.82, 2.24) is 4.68 Å². The van der Waals surface area contributed by atoms with Crippen molar-refractivity contribution in [3.63, 3.8) is 0 Å². The third-order valence-electron chi connectivity index (χ3n) is 4.17. The molecule has 1 N–H and O–H groups in total. The molecular weight excluding hydrogens is 328 g/mol. The first kappa shape index (κ1) is 17.5. The molecule has 0 atom stereocenters. The number of carbonyl (C=O) groups excluding carboxylic acids is 2. The molecule has 0 saturated heterocycles. The third-order valence-corrected chi connectivity index (χ3v) is 4.17. The van der Waals surface area contributed by atoms with Crippen LogP contribution < -0.4 is 10.2 Å². The Morgan fingerprint density at radius 3 is 2.31 bits per heavy atom. The molecule has 1 heterocycles. The maximum absolute atomic E-state index is 12.1. The Morgan fingerprint density at radius 2 is 1.69 bits per heavy atom. The molecule has 0 unspecified atom stereocenters. The third kappa shape index (κ3) is 3.83.